The van der Waals surface area contributed by atoms with Gasteiger partial charge in [0.15, 0.2) is 10.9 Å². The summed E-state index contributed by atoms with van der Waals surface area (Å²) in [5.74, 6) is 1.46. The number of Topliss-reactive ketones (excluding diaryl/α,β-unsaturated/α-hetero) is 1. The molecule has 1 aliphatic heterocycles. The first kappa shape index (κ1) is 20.8. The van der Waals surface area contributed by atoms with Gasteiger partial charge < -0.3 is 4.57 Å². The van der Waals surface area contributed by atoms with Crippen molar-refractivity contribution in [1.82, 2.24) is 19.7 Å². The molecule has 0 bridgehead atoms. The number of ketones is 1. The van der Waals surface area contributed by atoms with Crippen LogP contribution in [0.2, 0.25) is 0 Å². The first-order valence-electron chi connectivity index (χ1n) is 9.79. The molecule has 0 unspecified atom stereocenters. The lowest BCUT2D eigenvalue weighted by molar-refractivity contribution is 0.102. The summed E-state index contributed by atoms with van der Waals surface area (Å²) in [6.07, 6.45) is 3.81. The molecule has 8 heteroatoms. The van der Waals surface area contributed by atoms with E-state index in [1.807, 2.05) is 18.2 Å². The minimum atomic E-state index is 0.123. The zero-order valence-corrected chi connectivity index (χ0v) is 19.3. The fourth-order valence-corrected chi connectivity index (χ4v) is 5.71. The largest absolute Gasteiger partial charge is 0.300 e. The average molecular weight is 491 g/mol. The summed E-state index contributed by atoms with van der Waals surface area (Å²) in [5, 5.41) is 9.75. The van der Waals surface area contributed by atoms with Crippen LogP contribution in [0.4, 0.5) is 0 Å². The molecule has 3 aromatic rings. The molecule has 4 rings (SSSR count). The Balaban J connectivity index is 1.51. The van der Waals surface area contributed by atoms with Gasteiger partial charge in [-0.05, 0) is 59.6 Å². The van der Waals surface area contributed by atoms with Crippen LogP contribution in [0, 0.1) is 0 Å². The van der Waals surface area contributed by atoms with Crippen LogP contribution in [0.1, 0.15) is 40.3 Å². The summed E-state index contributed by atoms with van der Waals surface area (Å²) in [6.45, 7) is 3.77. The number of piperidine rings is 1. The normalized spacial score (nSPS) is 14.9. The summed E-state index contributed by atoms with van der Waals surface area (Å²) >= 11 is 6.37. The molecule has 29 heavy (non-hydrogen) atoms. The molecule has 1 fully saturated rings. The molecule has 1 aromatic carbocycles. The molecule has 5 nitrogen and oxygen atoms in total. The number of benzene rings is 1. The van der Waals surface area contributed by atoms with Crippen LogP contribution < -0.4 is 0 Å². The Morgan fingerprint density at radius 1 is 1.03 bits per heavy atom. The number of rotatable bonds is 8. The highest BCUT2D eigenvalue weighted by Gasteiger charge is 2.19. The van der Waals surface area contributed by atoms with Crippen molar-refractivity contribution in [3.05, 3.63) is 62.5 Å². The second-order valence-corrected chi connectivity index (χ2v) is 10.5. The monoisotopic (exact) mass is 490 g/mol. The number of hydrogen-bond acceptors (Lipinski definition) is 6. The molecule has 0 amide bonds. The second kappa shape index (κ2) is 10.0. The van der Waals surface area contributed by atoms with Crippen molar-refractivity contribution in [2.24, 2.45) is 0 Å². The van der Waals surface area contributed by atoms with Gasteiger partial charge in [-0.1, -0.05) is 48.5 Å². The molecule has 152 valence electrons. The zero-order valence-electron chi connectivity index (χ0n) is 16.1. The molecule has 2 aromatic heterocycles. The van der Waals surface area contributed by atoms with E-state index in [4.69, 9.17) is 0 Å². The van der Waals surface area contributed by atoms with Gasteiger partial charge >= 0.3 is 0 Å². The zero-order chi connectivity index (χ0) is 20.1. The lowest BCUT2D eigenvalue weighted by Crippen LogP contribution is -2.30. The number of carbonyl (C=O) groups excluding carboxylic acids is 1. The fourth-order valence-electron chi connectivity index (χ4n) is 3.45. The SMILES string of the molecule is O=C(CSc1nnc(CN2CCCCC2)n1Cc1ccccc1)c1ccc(Br)s1. The molecule has 0 N–H and O–H groups in total. The van der Waals surface area contributed by atoms with E-state index in [9.17, 15) is 4.79 Å². The lowest BCUT2D eigenvalue weighted by Gasteiger charge is -2.26. The van der Waals surface area contributed by atoms with Gasteiger partial charge in [0.1, 0.15) is 5.82 Å². The highest BCUT2D eigenvalue weighted by Crippen LogP contribution is 2.26. The maximum Gasteiger partial charge on any atom is 0.192 e. The van der Waals surface area contributed by atoms with Gasteiger partial charge in [0.25, 0.3) is 0 Å². The molecular weight excluding hydrogens is 468 g/mol. The number of halogens is 1. The number of carbonyl (C=O) groups is 1. The van der Waals surface area contributed by atoms with Crippen LogP contribution >= 0.6 is 39.0 Å². The number of hydrogen-bond donors (Lipinski definition) is 0. The Morgan fingerprint density at radius 2 is 1.83 bits per heavy atom. The summed E-state index contributed by atoms with van der Waals surface area (Å²) in [7, 11) is 0. The predicted molar refractivity (Wildman–Crippen MR) is 122 cm³/mol. The van der Waals surface area contributed by atoms with Gasteiger partial charge in [0, 0.05) is 0 Å². The highest BCUT2D eigenvalue weighted by molar-refractivity contribution is 9.11. The van der Waals surface area contributed by atoms with E-state index >= 15 is 0 Å². The van der Waals surface area contributed by atoms with Gasteiger partial charge in [-0.15, -0.1) is 21.5 Å². The van der Waals surface area contributed by atoms with Crippen molar-refractivity contribution < 1.29 is 4.79 Å². The molecular formula is C21H23BrN4OS2. The number of aromatic nitrogens is 3. The Labute approximate surface area is 187 Å². The van der Waals surface area contributed by atoms with Crippen molar-refractivity contribution in [2.45, 2.75) is 37.5 Å². The number of likely N-dealkylation sites (tertiary alicyclic amines) is 1. The molecule has 0 saturated carbocycles. The minimum absolute atomic E-state index is 0.123. The molecule has 1 aliphatic rings. The van der Waals surface area contributed by atoms with Gasteiger partial charge in [-0.3, -0.25) is 9.69 Å². The van der Waals surface area contributed by atoms with Crippen LogP contribution in [0.3, 0.4) is 0 Å². The summed E-state index contributed by atoms with van der Waals surface area (Å²) in [6, 6.07) is 14.1. The second-order valence-electron chi connectivity index (χ2n) is 7.12. The summed E-state index contributed by atoms with van der Waals surface area (Å²) in [4.78, 5) is 15.8. The number of thioether (sulfide) groups is 1. The highest BCUT2D eigenvalue weighted by atomic mass is 79.9. The van der Waals surface area contributed by atoms with E-state index in [0.717, 1.165) is 45.8 Å². The Hall–Kier alpha value is -1.48. The van der Waals surface area contributed by atoms with Crippen LogP contribution in [0.5, 0.6) is 0 Å². The minimum Gasteiger partial charge on any atom is -0.300 e. The molecule has 1 saturated heterocycles. The van der Waals surface area contributed by atoms with Gasteiger partial charge in [0.05, 0.1) is 27.5 Å². The van der Waals surface area contributed by atoms with E-state index in [2.05, 4.69) is 59.9 Å². The van der Waals surface area contributed by atoms with Crippen molar-refractivity contribution >= 4 is 44.8 Å². The van der Waals surface area contributed by atoms with Crippen LogP contribution in [-0.4, -0.2) is 44.3 Å². The van der Waals surface area contributed by atoms with Gasteiger partial charge in [-0.25, -0.2) is 0 Å². The van der Waals surface area contributed by atoms with Gasteiger partial charge in [-0.2, -0.15) is 0 Å². The van der Waals surface area contributed by atoms with E-state index in [1.165, 1.54) is 47.9 Å². The molecule has 0 atom stereocenters. The van der Waals surface area contributed by atoms with E-state index < -0.39 is 0 Å². The third kappa shape index (κ3) is 5.57. The average Bonchev–Trinajstić information content (AvgIpc) is 3.34. The maximum atomic E-state index is 12.5. The Bertz CT molecular complexity index is 951. The number of nitrogens with zero attached hydrogens (tertiary/aromatic N) is 4. The van der Waals surface area contributed by atoms with Crippen LogP contribution in [-0.2, 0) is 13.1 Å². The molecule has 3 heterocycles. The quantitative estimate of drug-likeness (QED) is 0.324. The predicted octanol–water partition coefficient (Wildman–Crippen LogP) is 5.11. The maximum absolute atomic E-state index is 12.5. The van der Waals surface area contributed by atoms with Crippen molar-refractivity contribution in [3.63, 3.8) is 0 Å². The van der Waals surface area contributed by atoms with Crippen molar-refractivity contribution in [2.75, 3.05) is 18.8 Å². The lowest BCUT2D eigenvalue weighted by atomic mass is 10.1. The Kier molecular flexibility index (Phi) is 7.18. The van der Waals surface area contributed by atoms with E-state index in [1.54, 1.807) is 0 Å². The molecule has 0 aliphatic carbocycles. The summed E-state index contributed by atoms with van der Waals surface area (Å²) < 4.78 is 3.15. The first-order valence-corrected chi connectivity index (χ1v) is 12.4. The molecule has 0 radical (unpaired) electrons. The number of thiophene rings is 1. The van der Waals surface area contributed by atoms with Gasteiger partial charge in [0.2, 0.25) is 0 Å². The third-order valence-electron chi connectivity index (χ3n) is 4.97. The Morgan fingerprint density at radius 3 is 2.55 bits per heavy atom. The van der Waals surface area contributed by atoms with Crippen LogP contribution in [0.25, 0.3) is 0 Å². The van der Waals surface area contributed by atoms with Crippen molar-refractivity contribution in [1.29, 1.82) is 0 Å². The van der Waals surface area contributed by atoms with Crippen molar-refractivity contribution in [3.8, 4) is 0 Å². The van der Waals surface area contributed by atoms with E-state index in [-0.39, 0.29) is 5.78 Å². The molecule has 0 spiro atoms. The summed E-state index contributed by atoms with van der Waals surface area (Å²) in [5.41, 5.74) is 1.21. The first-order chi connectivity index (χ1) is 14.2. The standard InChI is InChI=1S/C21H23BrN4OS2/c22-19-10-9-18(29-19)17(27)15-28-21-24-23-20(14-25-11-5-2-6-12-25)26(21)13-16-7-3-1-4-8-16/h1,3-4,7-10H,2,5-6,11-15H2. The smallest absolute Gasteiger partial charge is 0.192 e. The van der Waals surface area contributed by atoms with E-state index in [0.29, 0.717) is 5.75 Å². The van der Waals surface area contributed by atoms with Crippen LogP contribution in [0.15, 0.2) is 51.4 Å². The third-order valence-corrected chi connectivity index (χ3v) is 7.60. The topological polar surface area (TPSA) is 51.0 Å². The fraction of sp³-hybridized carbons (Fsp3) is 0.381.